The number of allylic oxidation sites excluding steroid dienone is 2. The SMILES string of the molecule is CCC(CC)=C1N(C)C(=C(C)C)OC(=O)C1(C)C. The van der Waals surface area contributed by atoms with E-state index in [2.05, 4.69) is 13.8 Å². The predicted octanol–water partition coefficient (Wildman–Crippen LogP) is 3.83. The van der Waals surface area contributed by atoms with Crippen LogP contribution >= 0.6 is 0 Å². The number of hydrogen-bond donors (Lipinski definition) is 0. The third kappa shape index (κ3) is 2.31. The van der Waals surface area contributed by atoms with Gasteiger partial charge in [-0.3, -0.25) is 4.79 Å². The van der Waals surface area contributed by atoms with Crippen molar-refractivity contribution >= 4 is 5.97 Å². The number of nitrogens with zero attached hydrogens (tertiary/aromatic N) is 1. The number of ether oxygens (including phenoxy) is 1. The van der Waals surface area contributed by atoms with Crippen LogP contribution < -0.4 is 0 Å². The van der Waals surface area contributed by atoms with Crippen LogP contribution in [0.25, 0.3) is 0 Å². The second-order valence-electron chi connectivity index (χ2n) is 5.54. The van der Waals surface area contributed by atoms with Crippen LogP contribution in [0.2, 0.25) is 0 Å². The Bertz CT molecular complexity index is 406. The number of carbonyl (C=O) groups is 1. The Kier molecular flexibility index (Phi) is 4.25. The van der Waals surface area contributed by atoms with Crippen LogP contribution in [0.1, 0.15) is 54.4 Å². The molecule has 0 aromatic carbocycles. The van der Waals surface area contributed by atoms with Crippen molar-refractivity contribution in [2.75, 3.05) is 7.05 Å². The van der Waals surface area contributed by atoms with E-state index in [0.717, 1.165) is 24.1 Å². The van der Waals surface area contributed by atoms with Gasteiger partial charge in [-0.25, -0.2) is 0 Å². The van der Waals surface area contributed by atoms with Gasteiger partial charge in [-0.05, 0) is 51.7 Å². The van der Waals surface area contributed by atoms with Crippen LogP contribution in [-0.4, -0.2) is 17.9 Å². The van der Waals surface area contributed by atoms with E-state index in [1.807, 2.05) is 39.6 Å². The second-order valence-corrected chi connectivity index (χ2v) is 5.54. The molecule has 3 heteroatoms. The van der Waals surface area contributed by atoms with Crippen molar-refractivity contribution in [3.8, 4) is 0 Å². The summed E-state index contributed by atoms with van der Waals surface area (Å²) in [7, 11) is 1.98. The van der Waals surface area contributed by atoms with Crippen LogP contribution in [0.3, 0.4) is 0 Å². The lowest BCUT2D eigenvalue weighted by atomic mass is 9.83. The Morgan fingerprint density at radius 3 is 2.11 bits per heavy atom. The highest BCUT2D eigenvalue weighted by atomic mass is 16.6. The summed E-state index contributed by atoms with van der Waals surface area (Å²) < 4.78 is 5.48. The molecule has 0 saturated carbocycles. The first-order valence-corrected chi connectivity index (χ1v) is 6.63. The van der Waals surface area contributed by atoms with E-state index in [9.17, 15) is 4.79 Å². The summed E-state index contributed by atoms with van der Waals surface area (Å²) in [5, 5.41) is 0. The van der Waals surface area contributed by atoms with Gasteiger partial charge in [-0.2, -0.15) is 0 Å². The fraction of sp³-hybridized carbons (Fsp3) is 0.667. The normalized spacial score (nSPS) is 18.8. The molecule has 1 aliphatic rings. The van der Waals surface area contributed by atoms with Crippen LogP contribution in [0.4, 0.5) is 0 Å². The Labute approximate surface area is 110 Å². The first kappa shape index (κ1) is 14.8. The highest BCUT2D eigenvalue weighted by molar-refractivity contribution is 5.82. The number of hydrogen-bond acceptors (Lipinski definition) is 3. The molecule has 1 rings (SSSR count). The van der Waals surface area contributed by atoms with Gasteiger partial charge in [-0.1, -0.05) is 13.8 Å². The largest absolute Gasteiger partial charge is 0.409 e. The first-order valence-electron chi connectivity index (χ1n) is 6.63. The van der Waals surface area contributed by atoms with Crippen molar-refractivity contribution < 1.29 is 9.53 Å². The molecule has 3 nitrogen and oxygen atoms in total. The Morgan fingerprint density at radius 1 is 1.22 bits per heavy atom. The summed E-state index contributed by atoms with van der Waals surface area (Å²) in [5.74, 6) is 0.514. The summed E-state index contributed by atoms with van der Waals surface area (Å²) in [5.41, 5.74) is 2.86. The fourth-order valence-electron chi connectivity index (χ4n) is 2.60. The lowest BCUT2D eigenvalue weighted by Gasteiger charge is -2.41. The van der Waals surface area contributed by atoms with Gasteiger partial charge in [0.1, 0.15) is 5.41 Å². The molecule has 1 aliphatic heterocycles. The monoisotopic (exact) mass is 251 g/mol. The molecule has 0 N–H and O–H groups in total. The number of rotatable bonds is 2. The minimum atomic E-state index is -0.574. The Morgan fingerprint density at radius 2 is 1.72 bits per heavy atom. The number of carbonyl (C=O) groups excluding carboxylic acids is 1. The molecule has 0 radical (unpaired) electrons. The smallest absolute Gasteiger partial charge is 0.324 e. The summed E-state index contributed by atoms with van der Waals surface area (Å²) in [6, 6.07) is 0. The van der Waals surface area contributed by atoms with Crippen molar-refractivity contribution in [1.82, 2.24) is 4.90 Å². The van der Waals surface area contributed by atoms with E-state index in [0.29, 0.717) is 5.88 Å². The van der Waals surface area contributed by atoms with Crippen LogP contribution in [0.15, 0.2) is 22.7 Å². The molecule has 1 fully saturated rings. The summed E-state index contributed by atoms with van der Waals surface area (Å²) >= 11 is 0. The molecule has 0 aromatic heterocycles. The molecule has 0 bridgehead atoms. The Hall–Kier alpha value is -1.25. The van der Waals surface area contributed by atoms with Gasteiger partial charge in [0.2, 0.25) is 5.88 Å². The van der Waals surface area contributed by atoms with Crippen molar-refractivity contribution in [3.63, 3.8) is 0 Å². The average Bonchev–Trinajstić information content (AvgIpc) is 2.29. The lowest BCUT2D eigenvalue weighted by molar-refractivity contribution is -0.155. The molecule has 1 heterocycles. The standard InChI is InChI=1S/C15H25NO2/c1-8-11(9-2)12-15(5,6)14(17)18-13(10(3)4)16(12)7/h8-9H2,1-7H3. The maximum atomic E-state index is 12.2. The maximum Gasteiger partial charge on any atom is 0.324 e. The van der Waals surface area contributed by atoms with Gasteiger partial charge in [-0.15, -0.1) is 0 Å². The molecule has 0 spiro atoms. The lowest BCUT2D eigenvalue weighted by Crippen LogP contribution is -2.44. The van der Waals surface area contributed by atoms with E-state index in [1.54, 1.807) is 0 Å². The molecule has 0 aliphatic carbocycles. The molecule has 0 aromatic rings. The molecule has 1 saturated heterocycles. The van der Waals surface area contributed by atoms with Gasteiger partial charge in [0.25, 0.3) is 0 Å². The van der Waals surface area contributed by atoms with Crippen molar-refractivity contribution in [2.45, 2.75) is 54.4 Å². The number of cyclic esters (lactones) is 1. The molecule has 102 valence electrons. The highest BCUT2D eigenvalue weighted by Gasteiger charge is 2.43. The third-order valence-corrected chi connectivity index (χ3v) is 3.55. The predicted molar refractivity (Wildman–Crippen MR) is 73.6 cm³/mol. The molecule has 18 heavy (non-hydrogen) atoms. The van der Waals surface area contributed by atoms with E-state index >= 15 is 0 Å². The van der Waals surface area contributed by atoms with Gasteiger partial charge < -0.3 is 9.64 Å². The first-order chi connectivity index (χ1) is 8.27. The van der Waals surface area contributed by atoms with Gasteiger partial charge >= 0.3 is 5.97 Å². The maximum absolute atomic E-state index is 12.2. The summed E-state index contributed by atoms with van der Waals surface area (Å²) in [4.78, 5) is 14.2. The zero-order valence-corrected chi connectivity index (χ0v) is 12.7. The highest BCUT2D eigenvalue weighted by Crippen LogP contribution is 2.41. The van der Waals surface area contributed by atoms with Crippen molar-refractivity contribution in [2.24, 2.45) is 5.41 Å². The minimum Gasteiger partial charge on any atom is -0.409 e. The van der Waals surface area contributed by atoms with Gasteiger partial charge in [0.05, 0.1) is 0 Å². The molecular formula is C15H25NO2. The van der Waals surface area contributed by atoms with E-state index in [4.69, 9.17) is 4.74 Å². The van der Waals surface area contributed by atoms with Crippen LogP contribution in [0.5, 0.6) is 0 Å². The Balaban J connectivity index is 3.46. The van der Waals surface area contributed by atoms with Crippen molar-refractivity contribution in [3.05, 3.63) is 22.7 Å². The van der Waals surface area contributed by atoms with Crippen LogP contribution in [-0.2, 0) is 9.53 Å². The molecule has 0 atom stereocenters. The van der Waals surface area contributed by atoms with Crippen LogP contribution in [0, 0.1) is 5.41 Å². The van der Waals surface area contributed by atoms with Crippen molar-refractivity contribution in [1.29, 1.82) is 0 Å². The topological polar surface area (TPSA) is 29.5 Å². The zero-order chi connectivity index (χ0) is 14.1. The van der Waals surface area contributed by atoms with E-state index < -0.39 is 5.41 Å². The quantitative estimate of drug-likeness (QED) is 0.699. The summed E-state index contributed by atoms with van der Waals surface area (Å²) in [6.45, 7) is 12.1. The molecule has 0 amide bonds. The molecule has 0 unspecified atom stereocenters. The second kappa shape index (κ2) is 5.17. The third-order valence-electron chi connectivity index (χ3n) is 3.55. The van der Waals surface area contributed by atoms with Gasteiger partial charge in [0.15, 0.2) is 0 Å². The van der Waals surface area contributed by atoms with Gasteiger partial charge in [0, 0.05) is 12.7 Å². The fourth-order valence-corrected chi connectivity index (χ4v) is 2.60. The zero-order valence-electron chi connectivity index (χ0n) is 12.7. The summed E-state index contributed by atoms with van der Waals surface area (Å²) in [6.07, 6.45) is 1.92. The van der Waals surface area contributed by atoms with E-state index in [-0.39, 0.29) is 5.97 Å². The average molecular weight is 251 g/mol. The van der Waals surface area contributed by atoms with E-state index in [1.165, 1.54) is 5.57 Å². The minimum absolute atomic E-state index is 0.161. The number of esters is 1. The molecular weight excluding hydrogens is 226 g/mol.